The molecule has 0 unspecified atom stereocenters. The second-order valence-electron chi connectivity index (χ2n) is 3.73. The number of hydrogen-bond acceptors (Lipinski definition) is 3. The van der Waals surface area contributed by atoms with E-state index in [1.54, 1.807) is 17.5 Å². The van der Waals surface area contributed by atoms with Gasteiger partial charge in [-0.1, -0.05) is 0 Å². The molecule has 2 aromatic rings. The van der Waals surface area contributed by atoms with Gasteiger partial charge in [-0.2, -0.15) is 5.10 Å². The summed E-state index contributed by atoms with van der Waals surface area (Å²) in [5.74, 6) is 0.814. The number of ether oxygens (including phenoxy) is 1. The molecule has 0 amide bonds. The van der Waals surface area contributed by atoms with E-state index in [1.807, 2.05) is 22.3 Å². The van der Waals surface area contributed by atoms with Gasteiger partial charge in [0.25, 0.3) is 0 Å². The molecule has 0 spiro atoms. The van der Waals surface area contributed by atoms with Crippen LogP contribution < -0.4 is 4.74 Å². The van der Waals surface area contributed by atoms with Crippen LogP contribution in [0, 0.1) is 0 Å². The number of hydrogen-bond donors (Lipinski definition) is 0. The summed E-state index contributed by atoms with van der Waals surface area (Å²) in [6.07, 6.45) is 3.67. The third-order valence-corrected chi connectivity index (χ3v) is 4.07. The molecular weight excluding hydrogens is 288 g/mol. The Labute approximate surface area is 107 Å². The molecule has 0 atom stereocenters. The summed E-state index contributed by atoms with van der Waals surface area (Å²) in [6.45, 7) is 4.77. The molecule has 2 rings (SSSR count). The lowest BCUT2D eigenvalue weighted by atomic mass is 10.4. The van der Waals surface area contributed by atoms with Gasteiger partial charge in [0, 0.05) is 10.5 Å². The third-order valence-electron chi connectivity index (χ3n) is 2.17. The van der Waals surface area contributed by atoms with Gasteiger partial charge >= 0.3 is 0 Å². The van der Waals surface area contributed by atoms with E-state index in [0.717, 1.165) is 10.2 Å². The first-order valence-corrected chi connectivity index (χ1v) is 6.73. The Kier molecular flexibility index (Phi) is 3.66. The van der Waals surface area contributed by atoms with Gasteiger partial charge in [0.2, 0.25) is 0 Å². The molecule has 0 aliphatic heterocycles. The SMILES string of the molecule is CC(C)n1cc(OCc2sccc2Br)cn1. The highest BCUT2D eigenvalue weighted by Crippen LogP contribution is 2.24. The third kappa shape index (κ3) is 2.65. The average Bonchev–Trinajstić information content (AvgIpc) is 2.83. The fourth-order valence-corrected chi connectivity index (χ4v) is 2.63. The predicted octanol–water partition coefficient (Wildman–Crippen LogP) is 3.87. The van der Waals surface area contributed by atoms with Crippen molar-refractivity contribution in [2.75, 3.05) is 0 Å². The van der Waals surface area contributed by atoms with Crippen molar-refractivity contribution in [1.82, 2.24) is 9.78 Å². The molecule has 5 heteroatoms. The van der Waals surface area contributed by atoms with Crippen LogP contribution in [-0.4, -0.2) is 9.78 Å². The normalized spacial score (nSPS) is 11.0. The summed E-state index contributed by atoms with van der Waals surface area (Å²) >= 11 is 5.16. The van der Waals surface area contributed by atoms with E-state index in [9.17, 15) is 0 Å². The summed E-state index contributed by atoms with van der Waals surface area (Å²) in [5, 5.41) is 6.26. The Balaban J connectivity index is 1.97. The van der Waals surface area contributed by atoms with Crippen molar-refractivity contribution < 1.29 is 4.74 Å². The zero-order valence-electron chi connectivity index (χ0n) is 9.18. The highest BCUT2D eigenvalue weighted by atomic mass is 79.9. The summed E-state index contributed by atoms with van der Waals surface area (Å²) < 4.78 is 8.65. The lowest BCUT2D eigenvalue weighted by Gasteiger charge is -2.04. The van der Waals surface area contributed by atoms with Crippen molar-refractivity contribution in [3.05, 3.63) is 33.2 Å². The average molecular weight is 301 g/mol. The molecule has 0 saturated heterocycles. The zero-order chi connectivity index (χ0) is 11.5. The first-order valence-electron chi connectivity index (χ1n) is 5.05. The largest absolute Gasteiger partial charge is 0.485 e. The molecule has 86 valence electrons. The molecule has 0 aliphatic carbocycles. The minimum absolute atomic E-state index is 0.367. The van der Waals surface area contributed by atoms with Crippen molar-refractivity contribution >= 4 is 27.3 Å². The van der Waals surface area contributed by atoms with Crippen molar-refractivity contribution in [2.24, 2.45) is 0 Å². The molecular formula is C11H13BrN2OS. The zero-order valence-corrected chi connectivity index (χ0v) is 11.6. The van der Waals surface area contributed by atoms with Crippen LogP contribution in [0.1, 0.15) is 24.8 Å². The van der Waals surface area contributed by atoms with E-state index in [-0.39, 0.29) is 0 Å². The van der Waals surface area contributed by atoms with Crippen LogP contribution in [0.4, 0.5) is 0 Å². The van der Waals surface area contributed by atoms with Crippen LogP contribution in [-0.2, 0) is 6.61 Å². The van der Waals surface area contributed by atoms with Gasteiger partial charge in [0.1, 0.15) is 6.61 Å². The molecule has 3 nitrogen and oxygen atoms in total. The van der Waals surface area contributed by atoms with E-state index in [0.29, 0.717) is 12.6 Å². The predicted molar refractivity (Wildman–Crippen MR) is 69.0 cm³/mol. The number of rotatable bonds is 4. The minimum atomic E-state index is 0.367. The van der Waals surface area contributed by atoms with Gasteiger partial charge in [-0.15, -0.1) is 11.3 Å². The molecule has 2 heterocycles. The molecule has 0 fully saturated rings. The van der Waals surface area contributed by atoms with Crippen LogP contribution in [0.2, 0.25) is 0 Å². The molecule has 0 bridgehead atoms. The van der Waals surface area contributed by atoms with Crippen molar-refractivity contribution in [3.8, 4) is 5.75 Å². The van der Waals surface area contributed by atoms with Crippen LogP contribution in [0.25, 0.3) is 0 Å². The van der Waals surface area contributed by atoms with Crippen LogP contribution in [0.15, 0.2) is 28.3 Å². The van der Waals surface area contributed by atoms with Crippen LogP contribution in [0.3, 0.4) is 0 Å². The Hall–Kier alpha value is -0.810. The topological polar surface area (TPSA) is 27.1 Å². The monoisotopic (exact) mass is 300 g/mol. The fraction of sp³-hybridized carbons (Fsp3) is 0.364. The first-order chi connectivity index (χ1) is 7.66. The van der Waals surface area contributed by atoms with Gasteiger partial charge in [-0.3, -0.25) is 4.68 Å². The Bertz CT molecular complexity index is 464. The minimum Gasteiger partial charge on any atom is -0.485 e. The molecule has 0 N–H and O–H groups in total. The fourth-order valence-electron chi connectivity index (χ4n) is 1.25. The van der Waals surface area contributed by atoms with Crippen LogP contribution in [0.5, 0.6) is 5.75 Å². The second kappa shape index (κ2) is 5.01. The number of nitrogens with zero attached hydrogens (tertiary/aromatic N) is 2. The van der Waals surface area contributed by atoms with Crippen molar-refractivity contribution in [2.45, 2.75) is 26.5 Å². The van der Waals surface area contributed by atoms with Gasteiger partial charge < -0.3 is 4.74 Å². The first kappa shape index (κ1) is 11.7. The number of thiophene rings is 1. The maximum Gasteiger partial charge on any atom is 0.157 e. The lowest BCUT2D eigenvalue weighted by Crippen LogP contribution is -2.00. The highest BCUT2D eigenvalue weighted by molar-refractivity contribution is 9.10. The summed E-state index contributed by atoms with van der Waals surface area (Å²) in [5.41, 5.74) is 0. The highest BCUT2D eigenvalue weighted by Gasteiger charge is 2.05. The van der Waals surface area contributed by atoms with Gasteiger partial charge in [0.15, 0.2) is 5.75 Å². The summed E-state index contributed by atoms with van der Waals surface area (Å²) in [6, 6.07) is 2.40. The lowest BCUT2D eigenvalue weighted by molar-refractivity contribution is 0.308. The van der Waals surface area contributed by atoms with E-state index in [2.05, 4.69) is 34.9 Å². The van der Waals surface area contributed by atoms with E-state index >= 15 is 0 Å². The van der Waals surface area contributed by atoms with Gasteiger partial charge in [-0.05, 0) is 41.2 Å². The van der Waals surface area contributed by atoms with Gasteiger partial charge in [0.05, 0.1) is 17.3 Å². The van der Waals surface area contributed by atoms with Gasteiger partial charge in [-0.25, -0.2) is 0 Å². The smallest absolute Gasteiger partial charge is 0.157 e. The quantitative estimate of drug-likeness (QED) is 0.857. The van der Waals surface area contributed by atoms with E-state index in [1.165, 1.54) is 4.88 Å². The Morgan fingerprint density at radius 1 is 1.56 bits per heavy atom. The summed E-state index contributed by atoms with van der Waals surface area (Å²) in [4.78, 5) is 1.19. The molecule has 16 heavy (non-hydrogen) atoms. The second-order valence-corrected chi connectivity index (χ2v) is 5.59. The Morgan fingerprint density at radius 3 is 2.94 bits per heavy atom. The molecule has 2 aromatic heterocycles. The van der Waals surface area contributed by atoms with Crippen molar-refractivity contribution in [3.63, 3.8) is 0 Å². The van der Waals surface area contributed by atoms with Crippen molar-refractivity contribution in [1.29, 1.82) is 0 Å². The van der Waals surface area contributed by atoms with E-state index < -0.39 is 0 Å². The standard InChI is InChI=1S/C11H13BrN2OS/c1-8(2)14-6-9(5-13-14)15-7-11-10(12)3-4-16-11/h3-6,8H,7H2,1-2H3. The molecule has 0 aliphatic rings. The Morgan fingerprint density at radius 2 is 2.38 bits per heavy atom. The number of aromatic nitrogens is 2. The van der Waals surface area contributed by atoms with E-state index in [4.69, 9.17) is 4.74 Å². The molecule has 0 aromatic carbocycles. The maximum absolute atomic E-state index is 5.66. The number of halogens is 1. The molecule has 0 saturated carbocycles. The molecule has 0 radical (unpaired) electrons. The van der Waals surface area contributed by atoms with Crippen LogP contribution >= 0.6 is 27.3 Å². The summed E-state index contributed by atoms with van der Waals surface area (Å²) in [7, 11) is 0. The maximum atomic E-state index is 5.66.